The number of hydrogen-bond donors (Lipinski definition) is 0. The van der Waals surface area contributed by atoms with Gasteiger partial charge < -0.3 is 9.32 Å². The summed E-state index contributed by atoms with van der Waals surface area (Å²) in [5.74, 6) is 0.414. The van der Waals surface area contributed by atoms with Crippen molar-refractivity contribution in [1.29, 1.82) is 0 Å². The van der Waals surface area contributed by atoms with Gasteiger partial charge >= 0.3 is 0 Å². The first-order valence-electron chi connectivity index (χ1n) is 7.03. The van der Waals surface area contributed by atoms with Gasteiger partial charge in [-0.25, -0.2) is 4.98 Å². The minimum Gasteiger partial charge on any atom is -0.436 e. The molecule has 3 aromatic rings. The van der Waals surface area contributed by atoms with Crippen LogP contribution in [0.25, 0.3) is 23.3 Å². The van der Waals surface area contributed by atoms with E-state index in [1.54, 1.807) is 12.1 Å². The average molecular weight is 309 g/mol. The number of fused-ring (bicyclic) bond motifs is 1. The predicted molar refractivity (Wildman–Crippen MR) is 90.4 cm³/mol. The molecule has 1 heterocycles. The van der Waals surface area contributed by atoms with Crippen LogP contribution in [-0.2, 0) is 0 Å². The van der Waals surface area contributed by atoms with Gasteiger partial charge in [-0.15, -0.1) is 0 Å². The highest BCUT2D eigenvalue weighted by Crippen LogP contribution is 2.22. The Hall–Kier alpha value is -3.15. The third kappa shape index (κ3) is 3.21. The van der Waals surface area contributed by atoms with Gasteiger partial charge in [0.2, 0.25) is 5.89 Å². The van der Waals surface area contributed by atoms with Crippen LogP contribution in [0.2, 0.25) is 0 Å². The van der Waals surface area contributed by atoms with Crippen molar-refractivity contribution in [3.8, 4) is 0 Å². The highest BCUT2D eigenvalue weighted by atomic mass is 16.6. The molecule has 116 valence electrons. The van der Waals surface area contributed by atoms with Crippen LogP contribution in [0.15, 0.2) is 46.9 Å². The molecule has 0 aliphatic rings. The lowest BCUT2D eigenvalue weighted by atomic mass is 10.2. The summed E-state index contributed by atoms with van der Waals surface area (Å²) in [6, 6.07) is 12.4. The number of rotatable bonds is 4. The summed E-state index contributed by atoms with van der Waals surface area (Å²) in [5, 5.41) is 10.8. The number of nitro benzene ring substituents is 1. The minimum absolute atomic E-state index is 0.0107. The van der Waals surface area contributed by atoms with Crippen LogP contribution >= 0.6 is 0 Å². The largest absolute Gasteiger partial charge is 0.436 e. The molecule has 0 radical (unpaired) electrons. The minimum atomic E-state index is -0.455. The summed E-state index contributed by atoms with van der Waals surface area (Å²) >= 11 is 0. The number of benzene rings is 2. The molecule has 3 rings (SSSR count). The second kappa shape index (κ2) is 5.92. The SMILES string of the molecule is CN(C)c1ccc(/C=C/c2nc3ccc([N+](=O)[O-])cc3o2)cc1. The molecule has 0 aliphatic carbocycles. The number of oxazole rings is 1. The molecule has 0 atom stereocenters. The van der Waals surface area contributed by atoms with E-state index in [0.717, 1.165) is 11.3 Å². The molecule has 0 aliphatic heterocycles. The van der Waals surface area contributed by atoms with Gasteiger partial charge in [0.1, 0.15) is 5.52 Å². The van der Waals surface area contributed by atoms with Gasteiger partial charge in [-0.2, -0.15) is 0 Å². The number of nitrogens with zero attached hydrogens (tertiary/aromatic N) is 3. The zero-order chi connectivity index (χ0) is 16.4. The molecule has 2 aromatic carbocycles. The monoisotopic (exact) mass is 309 g/mol. The Labute approximate surface area is 132 Å². The number of non-ortho nitro benzene ring substituents is 1. The molecule has 0 N–H and O–H groups in total. The molecule has 6 nitrogen and oxygen atoms in total. The van der Waals surface area contributed by atoms with Crippen LogP contribution in [0.5, 0.6) is 0 Å². The van der Waals surface area contributed by atoms with E-state index in [1.807, 2.05) is 49.3 Å². The molecule has 0 unspecified atom stereocenters. The molecule has 1 aromatic heterocycles. The lowest BCUT2D eigenvalue weighted by Crippen LogP contribution is -2.07. The van der Waals surface area contributed by atoms with Gasteiger partial charge in [-0.1, -0.05) is 12.1 Å². The van der Waals surface area contributed by atoms with Crippen LogP contribution in [0.1, 0.15) is 11.5 Å². The lowest BCUT2D eigenvalue weighted by molar-refractivity contribution is -0.384. The van der Waals surface area contributed by atoms with E-state index in [2.05, 4.69) is 4.98 Å². The molecule has 0 saturated carbocycles. The Morgan fingerprint density at radius 1 is 1.13 bits per heavy atom. The standard InChI is InChI=1S/C17H15N3O3/c1-19(2)13-6-3-12(4-7-13)5-10-17-18-15-9-8-14(20(21)22)11-16(15)23-17/h3-11H,1-2H3/b10-5+. The number of nitro groups is 1. The quantitative estimate of drug-likeness (QED) is 0.538. The van der Waals surface area contributed by atoms with Crippen LogP contribution < -0.4 is 4.90 Å². The zero-order valence-corrected chi connectivity index (χ0v) is 12.8. The van der Waals surface area contributed by atoms with Crippen LogP contribution in [-0.4, -0.2) is 24.0 Å². The average Bonchev–Trinajstić information content (AvgIpc) is 2.95. The molecular weight excluding hydrogens is 294 g/mol. The fraction of sp³-hybridized carbons (Fsp3) is 0.118. The number of hydrogen-bond acceptors (Lipinski definition) is 5. The molecule has 0 bridgehead atoms. The topological polar surface area (TPSA) is 72.4 Å². The van der Waals surface area contributed by atoms with Crippen LogP contribution in [0, 0.1) is 10.1 Å². The Kier molecular flexibility index (Phi) is 3.80. The van der Waals surface area contributed by atoms with Gasteiger partial charge in [0.05, 0.1) is 11.0 Å². The van der Waals surface area contributed by atoms with Crippen molar-refractivity contribution in [1.82, 2.24) is 4.98 Å². The summed E-state index contributed by atoms with van der Waals surface area (Å²) in [6.45, 7) is 0. The molecule has 0 saturated heterocycles. The number of aromatic nitrogens is 1. The highest BCUT2D eigenvalue weighted by Gasteiger charge is 2.10. The first-order valence-corrected chi connectivity index (χ1v) is 7.03. The van der Waals surface area contributed by atoms with E-state index in [9.17, 15) is 10.1 Å². The van der Waals surface area contributed by atoms with Crippen molar-refractivity contribution >= 4 is 34.6 Å². The first-order chi connectivity index (χ1) is 11.0. The third-order valence-electron chi connectivity index (χ3n) is 3.43. The fourth-order valence-corrected chi connectivity index (χ4v) is 2.17. The zero-order valence-electron chi connectivity index (χ0n) is 12.8. The van der Waals surface area contributed by atoms with E-state index < -0.39 is 4.92 Å². The van der Waals surface area contributed by atoms with Gasteiger partial charge in [-0.3, -0.25) is 10.1 Å². The first kappa shape index (κ1) is 14.8. The van der Waals surface area contributed by atoms with E-state index in [-0.39, 0.29) is 5.69 Å². The third-order valence-corrected chi connectivity index (χ3v) is 3.43. The van der Waals surface area contributed by atoms with Gasteiger partial charge in [0.25, 0.3) is 5.69 Å². The summed E-state index contributed by atoms with van der Waals surface area (Å²) < 4.78 is 5.53. The Balaban J connectivity index is 1.84. The molecule has 23 heavy (non-hydrogen) atoms. The van der Waals surface area contributed by atoms with Crippen LogP contribution in [0.3, 0.4) is 0 Å². The van der Waals surface area contributed by atoms with Crippen molar-refractivity contribution in [3.05, 3.63) is 64.0 Å². The Morgan fingerprint density at radius 3 is 2.52 bits per heavy atom. The normalized spacial score (nSPS) is 11.2. The lowest BCUT2D eigenvalue weighted by Gasteiger charge is -2.11. The van der Waals surface area contributed by atoms with Gasteiger partial charge in [0, 0.05) is 31.9 Å². The van der Waals surface area contributed by atoms with E-state index in [1.165, 1.54) is 12.1 Å². The summed E-state index contributed by atoms with van der Waals surface area (Å²) in [7, 11) is 3.98. The molecular formula is C17H15N3O3. The van der Waals surface area contributed by atoms with E-state index >= 15 is 0 Å². The Morgan fingerprint density at radius 2 is 1.87 bits per heavy atom. The summed E-state index contributed by atoms with van der Waals surface area (Å²) in [5.41, 5.74) is 3.13. The number of anilines is 1. The van der Waals surface area contributed by atoms with E-state index in [0.29, 0.717) is 17.0 Å². The summed E-state index contributed by atoms with van der Waals surface area (Å²) in [6.07, 6.45) is 3.63. The maximum atomic E-state index is 10.8. The van der Waals surface area contributed by atoms with Crippen molar-refractivity contribution in [2.75, 3.05) is 19.0 Å². The molecule has 0 fully saturated rings. The fourth-order valence-electron chi connectivity index (χ4n) is 2.17. The van der Waals surface area contributed by atoms with Crippen molar-refractivity contribution in [3.63, 3.8) is 0 Å². The Bertz CT molecular complexity index is 880. The van der Waals surface area contributed by atoms with Crippen LogP contribution in [0.4, 0.5) is 11.4 Å². The second-order valence-electron chi connectivity index (χ2n) is 5.28. The van der Waals surface area contributed by atoms with Crippen molar-refractivity contribution in [2.45, 2.75) is 0 Å². The maximum absolute atomic E-state index is 10.8. The van der Waals surface area contributed by atoms with Crippen molar-refractivity contribution in [2.24, 2.45) is 0 Å². The highest BCUT2D eigenvalue weighted by molar-refractivity contribution is 5.78. The molecule has 0 spiro atoms. The predicted octanol–water partition coefficient (Wildman–Crippen LogP) is 3.97. The van der Waals surface area contributed by atoms with Crippen molar-refractivity contribution < 1.29 is 9.34 Å². The van der Waals surface area contributed by atoms with Gasteiger partial charge in [-0.05, 0) is 29.8 Å². The van der Waals surface area contributed by atoms with Gasteiger partial charge in [0.15, 0.2) is 5.58 Å². The second-order valence-corrected chi connectivity index (χ2v) is 5.28. The maximum Gasteiger partial charge on any atom is 0.273 e. The smallest absolute Gasteiger partial charge is 0.273 e. The summed E-state index contributed by atoms with van der Waals surface area (Å²) in [4.78, 5) is 16.6. The van der Waals surface area contributed by atoms with E-state index in [4.69, 9.17) is 4.42 Å². The molecule has 6 heteroatoms. The molecule has 0 amide bonds.